The second kappa shape index (κ2) is 11.1. The Morgan fingerprint density at radius 3 is 2.71 bits per heavy atom. The summed E-state index contributed by atoms with van der Waals surface area (Å²) < 4.78 is 0. The first kappa shape index (κ1) is 25.4. The second-order valence-corrected chi connectivity index (χ2v) is 8.47. The number of carbonyl (C=O) groups is 2. The van der Waals surface area contributed by atoms with Crippen molar-refractivity contribution < 1.29 is 9.59 Å². The van der Waals surface area contributed by atoms with Gasteiger partial charge in [0.1, 0.15) is 0 Å². The molecular formula is C23H32Cl2N4O2. The predicted molar refractivity (Wildman–Crippen MR) is 128 cm³/mol. The maximum absolute atomic E-state index is 13.2. The molecule has 2 aliphatic rings. The van der Waals surface area contributed by atoms with Crippen LogP contribution in [0.3, 0.4) is 0 Å². The van der Waals surface area contributed by atoms with Crippen LogP contribution in [0.4, 0.5) is 0 Å². The van der Waals surface area contributed by atoms with E-state index in [1.165, 1.54) is 0 Å². The van der Waals surface area contributed by atoms with Crippen LogP contribution >= 0.6 is 24.8 Å². The number of nitrogens with zero attached hydrogens (tertiary/aromatic N) is 2. The van der Waals surface area contributed by atoms with Gasteiger partial charge >= 0.3 is 0 Å². The monoisotopic (exact) mass is 466 g/mol. The number of fused-ring (bicyclic) bond motifs is 1. The zero-order chi connectivity index (χ0) is 20.4. The van der Waals surface area contributed by atoms with Crippen LogP contribution in [0, 0.1) is 19.8 Å². The molecule has 2 aromatic rings. The molecule has 4 rings (SSSR count). The van der Waals surface area contributed by atoms with Crippen molar-refractivity contribution >= 4 is 47.5 Å². The summed E-state index contributed by atoms with van der Waals surface area (Å²) in [6.07, 6.45) is 3.97. The molecule has 6 nitrogen and oxygen atoms in total. The van der Waals surface area contributed by atoms with Gasteiger partial charge in [0.2, 0.25) is 5.91 Å². The Morgan fingerprint density at radius 1 is 1.16 bits per heavy atom. The van der Waals surface area contributed by atoms with Gasteiger partial charge in [-0.25, -0.2) is 0 Å². The Morgan fingerprint density at radius 2 is 1.97 bits per heavy atom. The minimum Gasteiger partial charge on any atom is -0.354 e. The summed E-state index contributed by atoms with van der Waals surface area (Å²) in [7, 11) is 0. The maximum atomic E-state index is 13.2. The average molecular weight is 467 g/mol. The molecule has 2 N–H and O–H groups in total. The smallest absolute Gasteiger partial charge is 0.255 e. The fourth-order valence-corrected chi connectivity index (χ4v) is 4.47. The molecule has 2 fully saturated rings. The highest BCUT2D eigenvalue weighted by atomic mass is 35.5. The lowest BCUT2D eigenvalue weighted by molar-refractivity contribution is -0.123. The Kier molecular flexibility index (Phi) is 9.10. The fraction of sp³-hybridized carbons (Fsp3) is 0.522. The van der Waals surface area contributed by atoms with E-state index in [0.717, 1.165) is 60.9 Å². The van der Waals surface area contributed by atoms with Gasteiger partial charge in [-0.3, -0.25) is 14.6 Å². The van der Waals surface area contributed by atoms with Gasteiger partial charge in [0.05, 0.1) is 22.8 Å². The van der Waals surface area contributed by atoms with E-state index in [0.29, 0.717) is 24.6 Å². The molecule has 170 valence electrons. The zero-order valence-corrected chi connectivity index (χ0v) is 19.8. The van der Waals surface area contributed by atoms with Crippen LogP contribution in [-0.4, -0.2) is 53.9 Å². The maximum Gasteiger partial charge on any atom is 0.255 e. The van der Waals surface area contributed by atoms with Crippen molar-refractivity contribution in [3.63, 3.8) is 0 Å². The molecule has 2 saturated heterocycles. The van der Waals surface area contributed by atoms with Crippen molar-refractivity contribution in [1.29, 1.82) is 0 Å². The van der Waals surface area contributed by atoms with E-state index < -0.39 is 0 Å². The lowest BCUT2D eigenvalue weighted by atomic mass is 9.96. The minimum absolute atomic E-state index is 0. The summed E-state index contributed by atoms with van der Waals surface area (Å²) in [5.74, 6) is 0.441. The molecule has 0 aliphatic carbocycles. The van der Waals surface area contributed by atoms with E-state index in [2.05, 4.69) is 21.7 Å². The highest BCUT2D eigenvalue weighted by Gasteiger charge is 2.27. The third-order valence-corrected chi connectivity index (χ3v) is 6.14. The van der Waals surface area contributed by atoms with Crippen molar-refractivity contribution in [2.45, 2.75) is 45.6 Å². The summed E-state index contributed by atoms with van der Waals surface area (Å²) in [5, 5.41) is 7.32. The number of pyridine rings is 1. The number of hydrogen-bond donors (Lipinski definition) is 2. The van der Waals surface area contributed by atoms with Gasteiger partial charge < -0.3 is 15.5 Å². The van der Waals surface area contributed by atoms with E-state index in [-0.39, 0.29) is 42.7 Å². The lowest BCUT2D eigenvalue weighted by Crippen LogP contribution is -2.46. The van der Waals surface area contributed by atoms with Crippen LogP contribution in [0.2, 0.25) is 0 Å². The molecule has 2 atom stereocenters. The molecule has 1 aromatic heterocycles. The number of aromatic nitrogens is 1. The lowest BCUT2D eigenvalue weighted by Gasteiger charge is -2.33. The summed E-state index contributed by atoms with van der Waals surface area (Å²) in [4.78, 5) is 32.1. The van der Waals surface area contributed by atoms with Crippen molar-refractivity contribution in [3.05, 3.63) is 41.1 Å². The molecule has 2 aliphatic heterocycles. The van der Waals surface area contributed by atoms with Crippen LogP contribution in [-0.2, 0) is 4.79 Å². The first-order chi connectivity index (χ1) is 14.0. The van der Waals surface area contributed by atoms with Gasteiger partial charge in [0.25, 0.3) is 5.91 Å². The van der Waals surface area contributed by atoms with Crippen LogP contribution in [0.15, 0.2) is 24.3 Å². The van der Waals surface area contributed by atoms with E-state index in [4.69, 9.17) is 0 Å². The first-order valence-corrected chi connectivity index (χ1v) is 10.7. The minimum atomic E-state index is -0.0499. The molecule has 1 aromatic carbocycles. The van der Waals surface area contributed by atoms with E-state index in [9.17, 15) is 9.59 Å². The number of nitrogens with one attached hydrogen (secondary N) is 2. The molecule has 8 heteroatoms. The number of hydrogen-bond acceptors (Lipinski definition) is 4. The van der Waals surface area contributed by atoms with E-state index in [1.54, 1.807) is 0 Å². The quantitative estimate of drug-likeness (QED) is 0.723. The number of amides is 2. The number of aryl methyl sites for hydroxylation is 2. The van der Waals surface area contributed by atoms with E-state index in [1.807, 2.05) is 36.9 Å². The van der Waals surface area contributed by atoms with Crippen LogP contribution in [0.25, 0.3) is 10.9 Å². The first-order valence-electron chi connectivity index (χ1n) is 10.7. The summed E-state index contributed by atoms with van der Waals surface area (Å²) in [6.45, 7) is 6.95. The molecule has 0 spiro atoms. The number of rotatable bonds is 4. The SMILES string of the molecule is Cc1ccc2nc(C)c(C(=O)N3CCCC(CNC(=O)C4CCCN4)C3)cc2c1.Cl.Cl. The Balaban J connectivity index is 0.00000171. The van der Waals surface area contributed by atoms with Crippen molar-refractivity contribution in [2.75, 3.05) is 26.2 Å². The molecule has 0 saturated carbocycles. The van der Waals surface area contributed by atoms with Gasteiger partial charge in [-0.15, -0.1) is 24.8 Å². The normalized spacial score (nSPS) is 20.6. The zero-order valence-electron chi connectivity index (χ0n) is 18.1. The third kappa shape index (κ3) is 5.88. The molecule has 3 heterocycles. The standard InChI is InChI=1S/C23H30N4O2.2ClH/c1-15-7-8-20-18(11-15)12-19(16(2)26-20)23(29)27-10-4-5-17(14-27)13-25-22(28)21-6-3-9-24-21;;/h7-8,11-12,17,21,24H,3-6,9-10,13-14H2,1-2H3,(H,25,28);2*1H. The summed E-state index contributed by atoms with van der Waals surface area (Å²) >= 11 is 0. The van der Waals surface area contributed by atoms with Gasteiger partial charge in [-0.2, -0.15) is 0 Å². The molecular weight excluding hydrogens is 435 g/mol. The van der Waals surface area contributed by atoms with Crippen LogP contribution < -0.4 is 10.6 Å². The largest absolute Gasteiger partial charge is 0.354 e. The van der Waals surface area contributed by atoms with Crippen molar-refractivity contribution in [2.24, 2.45) is 5.92 Å². The Labute approximate surface area is 196 Å². The highest BCUT2D eigenvalue weighted by Crippen LogP contribution is 2.22. The third-order valence-electron chi connectivity index (χ3n) is 6.14. The van der Waals surface area contributed by atoms with Gasteiger partial charge in [-0.05, 0) is 70.2 Å². The number of halogens is 2. The summed E-state index contributed by atoms with van der Waals surface area (Å²) in [5.41, 5.74) is 3.54. The molecule has 2 unspecified atom stereocenters. The second-order valence-electron chi connectivity index (χ2n) is 8.47. The highest BCUT2D eigenvalue weighted by molar-refractivity contribution is 5.98. The average Bonchev–Trinajstić information content (AvgIpc) is 3.26. The predicted octanol–water partition coefficient (Wildman–Crippen LogP) is 3.42. The van der Waals surface area contributed by atoms with Gasteiger partial charge in [-0.1, -0.05) is 11.6 Å². The van der Waals surface area contributed by atoms with Gasteiger partial charge in [0.15, 0.2) is 0 Å². The number of benzene rings is 1. The van der Waals surface area contributed by atoms with Gasteiger partial charge in [0, 0.05) is 25.0 Å². The molecule has 31 heavy (non-hydrogen) atoms. The van der Waals surface area contributed by atoms with E-state index >= 15 is 0 Å². The number of carbonyl (C=O) groups excluding carboxylic acids is 2. The van der Waals surface area contributed by atoms with Crippen molar-refractivity contribution in [1.82, 2.24) is 20.5 Å². The summed E-state index contributed by atoms with van der Waals surface area (Å²) in [6, 6.07) is 8.05. The van der Waals surface area contributed by atoms with Crippen molar-refractivity contribution in [3.8, 4) is 0 Å². The van der Waals surface area contributed by atoms with Crippen LogP contribution in [0.1, 0.15) is 47.3 Å². The number of piperidine rings is 1. The molecule has 2 amide bonds. The van der Waals surface area contributed by atoms with Crippen LogP contribution in [0.5, 0.6) is 0 Å². The molecule has 0 bridgehead atoms. The topological polar surface area (TPSA) is 74.3 Å². The Hall–Kier alpha value is -1.89. The fourth-order valence-electron chi connectivity index (χ4n) is 4.47. The number of likely N-dealkylation sites (tertiary alicyclic amines) is 1. The Bertz CT molecular complexity index is 931. The molecule has 0 radical (unpaired) electrons.